The van der Waals surface area contributed by atoms with E-state index >= 15 is 0 Å². The minimum atomic E-state index is -3.16. The van der Waals surface area contributed by atoms with Crippen molar-refractivity contribution in [1.82, 2.24) is 4.90 Å². The Hall–Kier alpha value is -0.640. The first kappa shape index (κ1) is 11.8. The van der Waals surface area contributed by atoms with Gasteiger partial charge in [-0.05, 0) is 19.9 Å². The number of nitrogens with zero attached hydrogens (tertiary/aromatic N) is 2. The Morgan fingerprint density at radius 3 is 2.50 bits per heavy atom. The van der Waals surface area contributed by atoms with Gasteiger partial charge < -0.3 is 10.0 Å². The summed E-state index contributed by atoms with van der Waals surface area (Å²) in [5.74, 6) is -0.173. The lowest BCUT2D eigenvalue weighted by Gasteiger charge is -2.35. The van der Waals surface area contributed by atoms with Crippen LogP contribution in [-0.4, -0.2) is 55.7 Å². The van der Waals surface area contributed by atoms with Gasteiger partial charge in [0.25, 0.3) is 0 Å². The number of hydrogen-bond donors (Lipinski definition) is 1. The van der Waals surface area contributed by atoms with Crippen LogP contribution in [0.4, 0.5) is 0 Å². The van der Waals surface area contributed by atoms with Gasteiger partial charge in [0.15, 0.2) is 9.84 Å². The van der Waals surface area contributed by atoms with E-state index in [-0.39, 0.29) is 17.9 Å². The number of rotatable bonds is 1. The molecule has 2 aliphatic rings. The third-order valence-corrected chi connectivity index (χ3v) is 5.61. The van der Waals surface area contributed by atoms with Crippen LogP contribution in [0.3, 0.4) is 0 Å². The second-order valence-electron chi connectivity index (χ2n) is 5.06. The van der Waals surface area contributed by atoms with Gasteiger partial charge >= 0.3 is 0 Å². The molecule has 2 fully saturated rings. The molecule has 0 aromatic carbocycles. The standard InChI is InChI=1S/C10H16N2O3S/c1-12-4-2-10(13,7-12)9(6-11)3-5-16(14,15)8-9/h13H,2-5,7-8H2,1H3. The van der Waals surface area contributed by atoms with E-state index in [1.807, 2.05) is 11.9 Å². The first-order valence-electron chi connectivity index (χ1n) is 5.35. The van der Waals surface area contributed by atoms with Crippen molar-refractivity contribution in [2.75, 3.05) is 31.6 Å². The highest BCUT2D eigenvalue weighted by molar-refractivity contribution is 7.91. The van der Waals surface area contributed by atoms with Crippen LogP contribution in [-0.2, 0) is 9.84 Å². The fraction of sp³-hybridized carbons (Fsp3) is 0.900. The fourth-order valence-corrected chi connectivity index (χ4v) is 4.81. The summed E-state index contributed by atoms with van der Waals surface area (Å²) in [4.78, 5) is 1.93. The molecule has 2 heterocycles. The molecule has 0 aromatic heterocycles. The van der Waals surface area contributed by atoms with E-state index < -0.39 is 20.9 Å². The molecule has 5 nitrogen and oxygen atoms in total. The summed E-state index contributed by atoms with van der Waals surface area (Å²) in [7, 11) is -1.29. The molecule has 0 aromatic rings. The molecule has 0 aliphatic carbocycles. The van der Waals surface area contributed by atoms with Gasteiger partial charge in [-0.1, -0.05) is 0 Å². The Morgan fingerprint density at radius 2 is 2.12 bits per heavy atom. The van der Waals surface area contributed by atoms with Crippen LogP contribution in [0, 0.1) is 16.7 Å². The van der Waals surface area contributed by atoms with Crippen molar-refractivity contribution in [2.24, 2.45) is 5.41 Å². The van der Waals surface area contributed by atoms with Crippen molar-refractivity contribution in [3.05, 3.63) is 0 Å². The number of hydrogen-bond acceptors (Lipinski definition) is 5. The topological polar surface area (TPSA) is 81.4 Å². The molecule has 0 saturated carbocycles. The molecule has 2 atom stereocenters. The van der Waals surface area contributed by atoms with Crippen LogP contribution in [0.2, 0.25) is 0 Å². The summed E-state index contributed by atoms with van der Waals surface area (Å²) in [6, 6.07) is 2.08. The largest absolute Gasteiger partial charge is 0.387 e. The zero-order valence-corrected chi connectivity index (χ0v) is 10.1. The molecule has 16 heavy (non-hydrogen) atoms. The smallest absolute Gasteiger partial charge is 0.152 e. The highest BCUT2D eigenvalue weighted by Crippen LogP contribution is 2.45. The number of aliphatic hydroxyl groups is 1. The fourth-order valence-electron chi connectivity index (χ4n) is 2.78. The van der Waals surface area contributed by atoms with Crippen molar-refractivity contribution >= 4 is 9.84 Å². The van der Waals surface area contributed by atoms with E-state index in [2.05, 4.69) is 6.07 Å². The molecule has 2 rings (SSSR count). The summed E-state index contributed by atoms with van der Waals surface area (Å²) >= 11 is 0. The average molecular weight is 244 g/mol. The summed E-state index contributed by atoms with van der Waals surface area (Å²) in [5, 5.41) is 19.8. The lowest BCUT2D eigenvalue weighted by atomic mass is 9.72. The zero-order valence-electron chi connectivity index (χ0n) is 9.31. The second kappa shape index (κ2) is 3.42. The van der Waals surface area contributed by atoms with Gasteiger partial charge in [0.1, 0.15) is 5.41 Å². The van der Waals surface area contributed by atoms with E-state index in [1.165, 1.54) is 0 Å². The number of likely N-dealkylation sites (N-methyl/N-ethyl adjacent to an activating group) is 1. The van der Waals surface area contributed by atoms with Crippen LogP contribution in [0.15, 0.2) is 0 Å². The van der Waals surface area contributed by atoms with E-state index in [0.717, 1.165) is 0 Å². The molecule has 0 spiro atoms. The van der Waals surface area contributed by atoms with Crippen molar-refractivity contribution < 1.29 is 13.5 Å². The molecule has 6 heteroatoms. The monoisotopic (exact) mass is 244 g/mol. The van der Waals surface area contributed by atoms with Crippen molar-refractivity contribution in [2.45, 2.75) is 18.4 Å². The number of sulfone groups is 1. The van der Waals surface area contributed by atoms with Crippen molar-refractivity contribution in [3.8, 4) is 6.07 Å². The second-order valence-corrected chi connectivity index (χ2v) is 7.24. The van der Waals surface area contributed by atoms with Crippen LogP contribution in [0.5, 0.6) is 0 Å². The highest BCUT2D eigenvalue weighted by Gasteiger charge is 2.58. The zero-order chi connectivity index (χ0) is 12.0. The van der Waals surface area contributed by atoms with Gasteiger partial charge in [-0.3, -0.25) is 0 Å². The lowest BCUT2D eigenvalue weighted by molar-refractivity contribution is -0.0321. The molecule has 0 radical (unpaired) electrons. The van der Waals surface area contributed by atoms with Gasteiger partial charge in [0.05, 0.1) is 23.2 Å². The maximum absolute atomic E-state index is 11.5. The molecule has 0 bridgehead atoms. The Kier molecular flexibility index (Phi) is 2.53. The molecule has 90 valence electrons. The predicted octanol–water partition coefficient (Wildman–Crippen LogP) is -0.619. The first-order valence-corrected chi connectivity index (χ1v) is 7.17. The maximum atomic E-state index is 11.5. The molecule has 1 N–H and O–H groups in total. The number of β-amino-alcohol motifs (C(OH)–C–C–N with tert-alkyl or cyclic N) is 1. The number of likely N-dealkylation sites (tertiary alicyclic amines) is 1. The number of nitriles is 1. The van der Waals surface area contributed by atoms with Crippen LogP contribution < -0.4 is 0 Å². The molecule has 0 amide bonds. The van der Waals surface area contributed by atoms with E-state index in [0.29, 0.717) is 19.5 Å². The van der Waals surface area contributed by atoms with Crippen LogP contribution in [0.25, 0.3) is 0 Å². The first-order chi connectivity index (χ1) is 7.33. The van der Waals surface area contributed by atoms with Crippen LogP contribution >= 0.6 is 0 Å². The van der Waals surface area contributed by atoms with Crippen molar-refractivity contribution in [1.29, 1.82) is 5.26 Å². The van der Waals surface area contributed by atoms with Crippen molar-refractivity contribution in [3.63, 3.8) is 0 Å². The summed E-state index contributed by atoms with van der Waals surface area (Å²) < 4.78 is 23.0. The van der Waals surface area contributed by atoms with E-state index in [1.54, 1.807) is 0 Å². The van der Waals surface area contributed by atoms with E-state index in [4.69, 9.17) is 0 Å². The van der Waals surface area contributed by atoms with Gasteiger partial charge in [-0.2, -0.15) is 5.26 Å². The molecule has 2 saturated heterocycles. The van der Waals surface area contributed by atoms with Gasteiger partial charge in [-0.15, -0.1) is 0 Å². The Bertz CT molecular complexity index is 441. The van der Waals surface area contributed by atoms with Gasteiger partial charge in [-0.25, -0.2) is 8.42 Å². The Morgan fingerprint density at radius 1 is 1.44 bits per heavy atom. The SMILES string of the molecule is CN1CCC(O)(C2(C#N)CCS(=O)(=O)C2)C1. The minimum absolute atomic E-state index is 0.0204. The maximum Gasteiger partial charge on any atom is 0.152 e. The molecular weight excluding hydrogens is 228 g/mol. The summed E-state index contributed by atoms with van der Waals surface area (Å²) in [5.41, 5.74) is -2.27. The Labute approximate surface area is 95.6 Å². The third kappa shape index (κ3) is 1.63. The molecule has 2 aliphatic heterocycles. The van der Waals surface area contributed by atoms with Crippen LogP contribution in [0.1, 0.15) is 12.8 Å². The summed E-state index contributed by atoms with van der Waals surface area (Å²) in [6.07, 6.45) is 0.739. The Balaban J connectivity index is 2.34. The normalized spacial score (nSPS) is 43.3. The third-order valence-electron chi connectivity index (χ3n) is 3.85. The van der Waals surface area contributed by atoms with Gasteiger partial charge in [0, 0.05) is 13.1 Å². The quantitative estimate of drug-likeness (QED) is 0.665. The molecular formula is C10H16N2O3S. The highest BCUT2D eigenvalue weighted by atomic mass is 32.2. The predicted molar refractivity (Wildman–Crippen MR) is 58.4 cm³/mol. The van der Waals surface area contributed by atoms with E-state index in [9.17, 15) is 18.8 Å². The minimum Gasteiger partial charge on any atom is -0.387 e. The average Bonchev–Trinajstić information content (AvgIpc) is 2.69. The lowest BCUT2D eigenvalue weighted by Crippen LogP contribution is -2.50. The molecule has 2 unspecified atom stereocenters. The van der Waals surface area contributed by atoms with Gasteiger partial charge in [0.2, 0.25) is 0 Å². The summed E-state index contributed by atoms with van der Waals surface area (Å²) in [6.45, 7) is 1.09.